The molecule has 2 aromatic heterocycles. The number of aromatic nitrogens is 2. The molecule has 3 atom stereocenters. The van der Waals surface area contributed by atoms with Crippen molar-refractivity contribution in [1.29, 1.82) is 0 Å². The molecule has 3 aliphatic rings. The normalized spacial score (nSPS) is 28.7. The zero-order valence-corrected chi connectivity index (χ0v) is 17.0. The lowest BCUT2D eigenvalue weighted by Crippen LogP contribution is -2.27. The predicted octanol–water partition coefficient (Wildman–Crippen LogP) is 2.95. The molecule has 2 fully saturated rings. The summed E-state index contributed by atoms with van der Waals surface area (Å²) in [6.07, 6.45) is 3.19. The average molecular weight is 370 g/mol. The van der Waals surface area contributed by atoms with Gasteiger partial charge in [-0.15, -0.1) is 0 Å². The van der Waals surface area contributed by atoms with Gasteiger partial charge in [0.25, 0.3) is 0 Å². The second-order valence-corrected chi connectivity index (χ2v) is 10.0. The van der Waals surface area contributed by atoms with E-state index < -0.39 is 0 Å². The molecular weight excluding hydrogens is 338 g/mol. The number of rotatable bonds is 1. The van der Waals surface area contributed by atoms with Gasteiger partial charge in [-0.25, -0.2) is 4.98 Å². The van der Waals surface area contributed by atoms with Crippen molar-refractivity contribution in [2.45, 2.75) is 40.0 Å². The highest BCUT2D eigenvalue weighted by molar-refractivity contribution is 5.89. The number of fused-ring (bicyclic) bond motifs is 4. The molecule has 2 aromatic rings. The largest absolute Gasteiger partial charge is 0.455 e. The van der Waals surface area contributed by atoms with E-state index in [-0.39, 0.29) is 0 Å². The van der Waals surface area contributed by atoms with Gasteiger partial charge in [-0.05, 0) is 43.1 Å². The van der Waals surface area contributed by atoms with E-state index in [9.17, 15) is 0 Å². The zero-order chi connectivity index (χ0) is 18.9. The Hall–Kier alpha value is -1.82. The molecule has 0 spiro atoms. The molecule has 2 N–H and O–H groups in total. The van der Waals surface area contributed by atoms with Crippen LogP contribution in [-0.2, 0) is 12.8 Å². The smallest absolute Gasteiger partial charge is 0.222 e. The molecule has 1 aliphatic carbocycles. The van der Waals surface area contributed by atoms with Crippen molar-refractivity contribution in [3.63, 3.8) is 0 Å². The number of anilines is 2. The Morgan fingerprint density at radius 1 is 1.07 bits per heavy atom. The minimum absolute atomic E-state index is 0.293. The minimum atomic E-state index is 0.293. The van der Waals surface area contributed by atoms with E-state index in [1.54, 1.807) is 0 Å². The van der Waals surface area contributed by atoms with Gasteiger partial charge in [0.2, 0.25) is 5.95 Å². The quantitative estimate of drug-likeness (QED) is 0.833. The van der Waals surface area contributed by atoms with Crippen molar-refractivity contribution in [2.24, 2.45) is 23.2 Å². The van der Waals surface area contributed by atoms with Crippen molar-refractivity contribution in [1.82, 2.24) is 14.9 Å². The SMILES string of the molecule is CN1CC2CN(c3nc(N)nc4c5c(oc34)CCC(C(C)(C)C)C5)C[C@@H]2C1. The van der Waals surface area contributed by atoms with E-state index in [4.69, 9.17) is 10.2 Å². The highest BCUT2D eigenvalue weighted by Crippen LogP contribution is 2.43. The van der Waals surface area contributed by atoms with Crippen molar-refractivity contribution in [2.75, 3.05) is 43.9 Å². The van der Waals surface area contributed by atoms with E-state index in [0.29, 0.717) is 17.3 Å². The molecule has 0 amide bonds. The van der Waals surface area contributed by atoms with Crippen LogP contribution in [0.1, 0.15) is 38.5 Å². The predicted molar refractivity (Wildman–Crippen MR) is 108 cm³/mol. The molecule has 0 aromatic carbocycles. The van der Waals surface area contributed by atoms with Crippen LogP contribution in [0.4, 0.5) is 11.8 Å². The van der Waals surface area contributed by atoms with Crippen molar-refractivity contribution < 1.29 is 4.42 Å². The third kappa shape index (κ3) is 2.80. The summed E-state index contributed by atoms with van der Waals surface area (Å²) in [5, 5.41) is 0. The molecule has 0 bridgehead atoms. The van der Waals surface area contributed by atoms with E-state index in [0.717, 1.165) is 60.4 Å². The average Bonchev–Trinajstić information content (AvgIpc) is 3.23. The highest BCUT2D eigenvalue weighted by atomic mass is 16.3. The summed E-state index contributed by atoms with van der Waals surface area (Å²) in [7, 11) is 2.22. The molecule has 6 nitrogen and oxygen atoms in total. The van der Waals surface area contributed by atoms with Crippen molar-refractivity contribution in [3.8, 4) is 0 Å². The van der Waals surface area contributed by atoms with Crippen LogP contribution in [0, 0.1) is 23.2 Å². The fraction of sp³-hybridized carbons (Fsp3) is 0.714. The highest BCUT2D eigenvalue weighted by Gasteiger charge is 2.41. The third-order valence-corrected chi connectivity index (χ3v) is 7.08. The maximum absolute atomic E-state index is 6.36. The van der Waals surface area contributed by atoms with E-state index in [1.165, 1.54) is 25.1 Å². The summed E-state index contributed by atoms with van der Waals surface area (Å²) in [5.41, 5.74) is 9.52. The van der Waals surface area contributed by atoms with Gasteiger partial charge in [0.05, 0.1) is 0 Å². The van der Waals surface area contributed by atoms with Gasteiger partial charge in [0.1, 0.15) is 11.3 Å². The van der Waals surface area contributed by atoms with Gasteiger partial charge < -0.3 is 20.0 Å². The van der Waals surface area contributed by atoms with Crippen molar-refractivity contribution >= 4 is 22.9 Å². The van der Waals surface area contributed by atoms with Gasteiger partial charge in [-0.3, -0.25) is 0 Å². The van der Waals surface area contributed by atoms with Gasteiger partial charge in [-0.1, -0.05) is 20.8 Å². The molecule has 6 heteroatoms. The first-order valence-electron chi connectivity index (χ1n) is 10.3. The summed E-state index contributed by atoms with van der Waals surface area (Å²) in [6.45, 7) is 11.4. The van der Waals surface area contributed by atoms with E-state index >= 15 is 0 Å². The first-order chi connectivity index (χ1) is 12.8. The molecule has 4 heterocycles. The van der Waals surface area contributed by atoms with Crippen LogP contribution < -0.4 is 10.6 Å². The summed E-state index contributed by atoms with van der Waals surface area (Å²) in [4.78, 5) is 14.1. The van der Waals surface area contributed by atoms with Crippen LogP contribution in [0.25, 0.3) is 11.1 Å². The van der Waals surface area contributed by atoms with Crippen LogP contribution in [0.5, 0.6) is 0 Å². The minimum Gasteiger partial charge on any atom is -0.455 e. The Balaban J connectivity index is 1.53. The van der Waals surface area contributed by atoms with E-state index in [2.05, 4.69) is 47.6 Å². The van der Waals surface area contributed by atoms with Gasteiger partial charge in [0, 0.05) is 38.2 Å². The topological polar surface area (TPSA) is 71.4 Å². The third-order valence-electron chi connectivity index (χ3n) is 7.08. The van der Waals surface area contributed by atoms with Crippen LogP contribution in [-0.4, -0.2) is 48.1 Å². The van der Waals surface area contributed by atoms with Crippen LogP contribution in [0.15, 0.2) is 4.42 Å². The molecule has 27 heavy (non-hydrogen) atoms. The van der Waals surface area contributed by atoms with Gasteiger partial charge in [0.15, 0.2) is 11.4 Å². The Labute approximate surface area is 161 Å². The zero-order valence-electron chi connectivity index (χ0n) is 17.0. The first kappa shape index (κ1) is 17.3. The fourth-order valence-corrected chi connectivity index (χ4v) is 5.49. The number of likely N-dealkylation sites (tertiary alicyclic amines) is 1. The van der Waals surface area contributed by atoms with E-state index in [1.807, 2.05) is 0 Å². The number of furan rings is 1. The summed E-state index contributed by atoms with van der Waals surface area (Å²) < 4.78 is 6.36. The lowest BCUT2D eigenvalue weighted by molar-refractivity contribution is 0.210. The number of nitrogens with two attached hydrogens (primary N) is 1. The van der Waals surface area contributed by atoms with Gasteiger partial charge in [-0.2, -0.15) is 4.98 Å². The van der Waals surface area contributed by atoms with Crippen LogP contribution >= 0.6 is 0 Å². The summed E-state index contributed by atoms with van der Waals surface area (Å²) in [5.74, 6) is 4.47. The number of nitrogen functional groups attached to an aromatic ring is 1. The molecule has 146 valence electrons. The standard InChI is InChI=1S/C21H31N5O/c1-21(2,3)14-5-6-16-15(7-14)17-18(27-16)19(24-20(22)23-17)26-10-12-8-25(4)9-13(12)11-26/h12-14H,5-11H2,1-4H3,(H2,22,23,24)/t12-,13?,14?/m0/s1. The second kappa shape index (κ2) is 5.84. The van der Waals surface area contributed by atoms with Crippen LogP contribution in [0.2, 0.25) is 0 Å². The summed E-state index contributed by atoms with van der Waals surface area (Å²) >= 11 is 0. The Kier molecular flexibility index (Phi) is 3.74. The maximum Gasteiger partial charge on any atom is 0.222 e. The molecule has 0 saturated carbocycles. The lowest BCUT2D eigenvalue weighted by Gasteiger charge is -2.33. The Morgan fingerprint density at radius 2 is 1.78 bits per heavy atom. The Bertz CT molecular complexity index is 869. The Morgan fingerprint density at radius 3 is 2.44 bits per heavy atom. The second-order valence-electron chi connectivity index (χ2n) is 10.0. The number of nitrogens with zero attached hydrogens (tertiary/aromatic N) is 4. The molecule has 5 rings (SSSR count). The van der Waals surface area contributed by atoms with Crippen LogP contribution in [0.3, 0.4) is 0 Å². The number of hydrogen-bond donors (Lipinski definition) is 1. The van der Waals surface area contributed by atoms with Crippen molar-refractivity contribution in [3.05, 3.63) is 11.3 Å². The number of aryl methyl sites for hydroxylation is 1. The summed E-state index contributed by atoms with van der Waals surface area (Å²) in [6, 6.07) is 0. The van der Waals surface area contributed by atoms with Gasteiger partial charge >= 0.3 is 0 Å². The molecule has 2 unspecified atom stereocenters. The first-order valence-corrected chi connectivity index (χ1v) is 10.3. The maximum atomic E-state index is 6.36. The molecule has 2 saturated heterocycles. The molecule has 0 radical (unpaired) electrons. The lowest BCUT2D eigenvalue weighted by atomic mass is 9.72. The molecular formula is C21H31N5O. The molecule has 2 aliphatic heterocycles. The monoisotopic (exact) mass is 369 g/mol. The fourth-order valence-electron chi connectivity index (χ4n) is 5.49. The number of hydrogen-bond acceptors (Lipinski definition) is 6.